The van der Waals surface area contributed by atoms with E-state index >= 15 is 0 Å². The van der Waals surface area contributed by atoms with Crippen LogP contribution >= 0.6 is 0 Å². The summed E-state index contributed by atoms with van der Waals surface area (Å²) in [6.07, 6.45) is 2.35. The second kappa shape index (κ2) is 9.32. The number of halogens is 3. The fourth-order valence-corrected chi connectivity index (χ4v) is 8.58. The molecule has 3 heterocycles. The number of carbonyl (C=O) groups is 1. The first-order valence-electron chi connectivity index (χ1n) is 14.2. The average Bonchev–Trinajstić information content (AvgIpc) is 3.58. The van der Waals surface area contributed by atoms with Gasteiger partial charge in [0.15, 0.2) is 0 Å². The molecule has 10 nitrogen and oxygen atoms in total. The van der Waals surface area contributed by atoms with Crippen LogP contribution in [-0.2, 0) is 10.0 Å². The molecule has 2 amide bonds. The van der Waals surface area contributed by atoms with Gasteiger partial charge in [-0.3, -0.25) is 0 Å². The van der Waals surface area contributed by atoms with E-state index in [-0.39, 0.29) is 27.8 Å². The van der Waals surface area contributed by atoms with Crippen LogP contribution in [0.1, 0.15) is 74.9 Å². The molecule has 5 aliphatic rings. The highest BCUT2D eigenvalue weighted by Gasteiger charge is 2.57. The van der Waals surface area contributed by atoms with E-state index in [0.717, 1.165) is 62.6 Å². The summed E-state index contributed by atoms with van der Waals surface area (Å²) < 4.78 is 69.7. The number of aromatic nitrogens is 3. The van der Waals surface area contributed by atoms with Crippen LogP contribution in [0.2, 0.25) is 0 Å². The van der Waals surface area contributed by atoms with Gasteiger partial charge in [-0.15, -0.1) is 23.4 Å². The van der Waals surface area contributed by atoms with Gasteiger partial charge in [-0.05, 0) is 63.5 Å². The molecule has 2 N–H and O–H groups in total. The van der Waals surface area contributed by atoms with E-state index in [1.165, 1.54) is 25.0 Å². The van der Waals surface area contributed by atoms with E-state index in [9.17, 15) is 26.4 Å². The molecule has 3 aliphatic carbocycles. The summed E-state index contributed by atoms with van der Waals surface area (Å²) in [6.45, 7) is 2.93. The fraction of sp³-hybridized carbons (Fsp3) is 0.667. The number of hydrogen-bond acceptors (Lipinski definition) is 6. The number of carbonyl (C=O) groups excluding carboxylic acids is 1. The molecule has 222 valence electrons. The summed E-state index contributed by atoms with van der Waals surface area (Å²) in [5.74, 6) is 2.41. The zero-order valence-corrected chi connectivity index (χ0v) is 23.3. The van der Waals surface area contributed by atoms with Crippen LogP contribution in [0.4, 0.5) is 18.0 Å². The molecule has 2 saturated heterocycles. The summed E-state index contributed by atoms with van der Waals surface area (Å²) in [5.41, 5.74) is 0.219. The van der Waals surface area contributed by atoms with Crippen molar-refractivity contribution in [3.05, 3.63) is 35.9 Å². The molecule has 3 saturated carbocycles. The van der Waals surface area contributed by atoms with Crippen LogP contribution in [0.25, 0.3) is 0 Å². The second-order valence-electron chi connectivity index (χ2n) is 12.9. The van der Waals surface area contributed by atoms with Crippen molar-refractivity contribution < 1.29 is 31.1 Å². The Balaban J connectivity index is 0.851. The zero-order chi connectivity index (χ0) is 28.6. The lowest BCUT2D eigenvalue weighted by atomic mass is 9.57. The third-order valence-corrected chi connectivity index (χ3v) is 11.1. The van der Waals surface area contributed by atoms with Crippen LogP contribution < -0.4 is 9.46 Å². The van der Waals surface area contributed by atoms with E-state index in [4.69, 9.17) is 0 Å². The molecule has 0 atom stereocenters. The molecule has 2 spiro atoms. The van der Waals surface area contributed by atoms with Gasteiger partial charge in [0.1, 0.15) is 17.4 Å². The highest BCUT2D eigenvalue weighted by atomic mass is 32.2. The van der Waals surface area contributed by atoms with Crippen molar-refractivity contribution in [3.8, 4) is 5.75 Å². The number of alkyl halides is 3. The van der Waals surface area contributed by atoms with Gasteiger partial charge in [0.2, 0.25) is 10.0 Å². The highest BCUT2D eigenvalue weighted by Crippen LogP contribution is 2.56. The number of ether oxygens (including phenoxy) is 1. The monoisotopic (exact) mass is 594 g/mol. The first-order valence-corrected chi connectivity index (χ1v) is 15.7. The minimum absolute atomic E-state index is 0.00768. The summed E-state index contributed by atoms with van der Waals surface area (Å²) in [4.78, 5) is 20.1. The number of urea groups is 1. The Bertz CT molecular complexity index is 1430. The number of H-pyrrole nitrogens is 1. The Labute approximate surface area is 236 Å². The minimum Gasteiger partial charge on any atom is -0.406 e. The van der Waals surface area contributed by atoms with Crippen molar-refractivity contribution in [2.24, 2.45) is 10.8 Å². The smallest absolute Gasteiger partial charge is 0.406 e. The number of nitrogens with zero attached hydrogens (tertiary/aromatic N) is 4. The molecular weight excluding hydrogens is 561 g/mol. The van der Waals surface area contributed by atoms with Crippen LogP contribution in [0, 0.1) is 10.8 Å². The van der Waals surface area contributed by atoms with E-state index in [1.807, 2.05) is 9.80 Å². The zero-order valence-electron chi connectivity index (χ0n) is 22.5. The summed E-state index contributed by atoms with van der Waals surface area (Å²) >= 11 is 0. The van der Waals surface area contributed by atoms with Crippen LogP contribution in [0.5, 0.6) is 5.75 Å². The summed E-state index contributed by atoms with van der Waals surface area (Å²) in [5, 5.41) is 8.66. The SMILES string of the molecule is O=C(N1CC2(CCC(NS(=O)(=O)c3cccc(OC(F)(F)F)c3)CC2)C1)N1CC2(CC(c3nnc(C4CC4)[nH]3)C2)C1. The number of benzene rings is 1. The van der Waals surface area contributed by atoms with E-state index in [0.29, 0.717) is 37.8 Å². The molecule has 2 aliphatic heterocycles. The van der Waals surface area contributed by atoms with Gasteiger partial charge in [0.05, 0.1) is 4.90 Å². The van der Waals surface area contributed by atoms with Crippen molar-refractivity contribution in [2.45, 2.75) is 80.5 Å². The normalized spacial score (nSPS) is 24.2. The summed E-state index contributed by atoms with van der Waals surface area (Å²) in [7, 11) is -4.00. The third-order valence-electron chi connectivity index (χ3n) is 9.59. The Hall–Kier alpha value is -2.87. The Morgan fingerprint density at radius 3 is 2.17 bits per heavy atom. The molecule has 1 aromatic heterocycles. The first kappa shape index (κ1) is 27.0. The van der Waals surface area contributed by atoms with Crippen molar-refractivity contribution in [1.29, 1.82) is 0 Å². The van der Waals surface area contributed by atoms with Gasteiger partial charge in [-0.25, -0.2) is 17.9 Å². The van der Waals surface area contributed by atoms with Gasteiger partial charge < -0.3 is 19.5 Å². The lowest BCUT2D eigenvalue weighted by Gasteiger charge is -2.61. The van der Waals surface area contributed by atoms with Gasteiger partial charge in [-0.1, -0.05) is 6.07 Å². The van der Waals surface area contributed by atoms with Crippen LogP contribution in [0.15, 0.2) is 29.2 Å². The van der Waals surface area contributed by atoms with Gasteiger partial charge >= 0.3 is 12.4 Å². The van der Waals surface area contributed by atoms with E-state index < -0.39 is 22.1 Å². The number of amides is 2. The van der Waals surface area contributed by atoms with Crippen molar-refractivity contribution in [3.63, 3.8) is 0 Å². The molecule has 5 fully saturated rings. The molecule has 0 radical (unpaired) electrons. The number of rotatable bonds is 6. The largest absolute Gasteiger partial charge is 0.573 e. The Morgan fingerprint density at radius 2 is 1.56 bits per heavy atom. The molecule has 7 rings (SSSR count). The van der Waals surface area contributed by atoms with Gasteiger partial charge in [0, 0.05) is 61.0 Å². The second-order valence-corrected chi connectivity index (χ2v) is 14.6. The molecule has 14 heteroatoms. The van der Waals surface area contributed by atoms with Crippen molar-refractivity contribution >= 4 is 16.1 Å². The molecule has 0 unspecified atom stereocenters. The first-order chi connectivity index (χ1) is 19.4. The predicted molar refractivity (Wildman–Crippen MR) is 139 cm³/mol. The lowest BCUT2D eigenvalue weighted by molar-refractivity contribution is -0.274. The lowest BCUT2D eigenvalue weighted by Crippen LogP contribution is -2.69. The number of nitrogens with one attached hydrogen (secondary N) is 2. The molecule has 0 bridgehead atoms. The topological polar surface area (TPSA) is 121 Å². The van der Waals surface area contributed by atoms with Crippen LogP contribution in [0.3, 0.4) is 0 Å². The predicted octanol–water partition coefficient (Wildman–Crippen LogP) is 4.10. The maximum Gasteiger partial charge on any atom is 0.573 e. The standard InChI is InChI=1S/C27H33F3N6O4S/c28-27(29,30)40-20-2-1-3-21(10-20)41(38,39)34-19-6-8-25(9-7-19)13-35(14-25)24(37)36-15-26(16-36)11-18(12-26)23-31-22(32-33-23)17-4-5-17/h1-3,10,17-19,34H,4-9,11-16H2,(H,31,32,33). The molecular formula is C27H33F3N6O4S. The fourth-order valence-electron chi connectivity index (χ4n) is 7.24. The summed E-state index contributed by atoms with van der Waals surface area (Å²) in [6, 6.07) is 4.17. The average molecular weight is 595 g/mol. The highest BCUT2D eigenvalue weighted by molar-refractivity contribution is 7.89. The quantitative estimate of drug-likeness (QED) is 0.520. The maximum atomic E-state index is 13.1. The van der Waals surface area contributed by atoms with Gasteiger partial charge in [0.25, 0.3) is 0 Å². The van der Waals surface area contributed by atoms with Crippen molar-refractivity contribution in [1.82, 2.24) is 29.7 Å². The van der Waals surface area contributed by atoms with E-state index in [1.54, 1.807) is 0 Å². The third kappa shape index (κ3) is 5.28. The minimum atomic E-state index is -4.90. The molecule has 41 heavy (non-hydrogen) atoms. The maximum absolute atomic E-state index is 13.1. The van der Waals surface area contributed by atoms with Crippen LogP contribution in [-0.4, -0.2) is 78.0 Å². The Morgan fingerprint density at radius 1 is 0.951 bits per heavy atom. The number of likely N-dealkylation sites (tertiary alicyclic amines) is 2. The van der Waals surface area contributed by atoms with E-state index in [2.05, 4.69) is 24.6 Å². The Kier molecular flexibility index (Phi) is 6.13. The number of aromatic amines is 1. The number of sulfonamides is 1. The molecule has 1 aromatic carbocycles. The molecule has 2 aromatic rings. The van der Waals surface area contributed by atoms with Crippen molar-refractivity contribution in [2.75, 3.05) is 26.2 Å². The number of hydrogen-bond donors (Lipinski definition) is 2. The van der Waals surface area contributed by atoms with Gasteiger partial charge in [-0.2, -0.15) is 0 Å².